The van der Waals surface area contributed by atoms with E-state index in [9.17, 15) is 0 Å². The van der Waals surface area contributed by atoms with E-state index < -0.39 is 5.79 Å². The van der Waals surface area contributed by atoms with E-state index in [-0.39, 0.29) is 5.41 Å². The average Bonchev–Trinajstić information content (AvgIpc) is 3.45. The number of hydrogen-bond acceptors (Lipinski definition) is 2. The Kier molecular flexibility index (Phi) is 3.16. The topological polar surface area (TPSA) is 38.5 Å². The summed E-state index contributed by atoms with van der Waals surface area (Å²) in [5.74, 6) is -0.668. The molecule has 2 aliphatic heterocycles. The van der Waals surface area contributed by atoms with Gasteiger partial charge in [0, 0.05) is 23.1 Å². The van der Waals surface area contributed by atoms with Crippen molar-refractivity contribution in [2.45, 2.75) is 32.0 Å². The first-order chi connectivity index (χ1) is 15.5. The van der Waals surface area contributed by atoms with E-state index in [0.29, 0.717) is 0 Å². The Balaban J connectivity index is 1.70. The first kappa shape index (κ1) is 17.8. The molecule has 1 spiro atoms. The van der Waals surface area contributed by atoms with Crippen LogP contribution in [0.3, 0.4) is 0 Å². The summed E-state index contributed by atoms with van der Waals surface area (Å²) >= 11 is 0. The molecule has 0 amide bonds. The highest BCUT2D eigenvalue weighted by Crippen LogP contribution is 2.44. The molecule has 2 aromatic carbocycles. The standard InChI is InChI=1S/C27H23N5/c1-26(2,3)24-16-23-22-14-8-9-15-30(22)27(32(23)29-24)20-12-6-4-10-18(20)25-19-11-5-7-13-21(19)28-17-31(25)27/h4-17H,1-3H3/q+2. The molecule has 0 saturated carbocycles. The van der Waals surface area contributed by atoms with E-state index in [2.05, 4.69) is 108 Å². The van der Waals surface area contributed by atoms with Crippen LogP contribution in [0, 0.1) is 0 Å². The Morgan fingerprint density at radius 3 is 2.53 bits per heavy atom. The summed E-state index contributed by atoms with van der Waals surface area (Å²) in [5, 5.41) is 6.38. The molecular formula is C27H23N5+2. The highest BCUT2D eigenvalue weighted by Gasteiger charge is 2.65. The third-order valence-corrected chi connectivity index (χ3v) is 6.82. The summed E-state index contributed by atoms with van der Waals surface area (Å²) in [7, 11) is 0. The second-order valence-corrected chi connectivity index (χ2v) is 9.69. The Labute approximate surface area is 186 Å². The zero-order valence-corrected chi connectivity index (χ0v) is 18.3. The minimum atomic E-state index is -0.668. The molecule has 154 valence electrons. The van der Waals surface area contributed by atoms with Gasteiger partial charge >= 0.3 is 5.79 Å². The van der Waals surface area contributed by atoms with Crippen LogP contribution in [-0.4, -0.2) is 14.8 Å². The van der Waals surface area contributed by atoms with Crippen LogP contribution in [-0.2, 0) is 11.2 Å². The Morgan fingerprint density at radius 2 is 1.66 bits per heavy atom. The molecule has 5 nitrogen and oxygen atoms in total. The summed E-state index contributed by atoms with van der Waals surface area (Å²) in [4.78, 5) is 4.86. The maximum atomic E-state index is 5.24. The van der Waals surface area contributed by atoms with Crippen molar-refractivity contribution in [3.05, 3.63) is 96.6 Å². The van der Waals surface area contributed by atoms with Crippen LogP contribution in [0.4, 0.5) is 0 Å². The van der Waals surface area contributed by atoms with Gasteiger partial charge in [0.05, 0.1) is 11.1 Å². The van der Waals surface area contributed by atoms with Gasteiger partial charge in [-0.1, -0.05) is 45.0 Å². The zero-order valence-electron chi connectivity index (χ0n) is 18.3. The Bertz CT molecular complexity index is 1570. The number of para-hydroxylation sites is 1. The van der Waals surface area contributed by atoms with Gasteiger partial charge in [0.1, 0.15) is 11.3 Å². The number of nitrogens with zero attached hydrogens (tertiary/aromatic N) is 5. The van der Waals surface area contributed by atoms with E-state index >= 15 is 0 Å². The quantitative estimate of drug-likeness (QED) is 0.350. The van der Waals surface area contributed by atoms with Crippen LogP contribution in [0.25, 0.3) is 33.5 Å². The predicted octanol–water partition coefficient (Wildman–Crippen LogP) is 4.02. The van der Waals surface area contributed by atoms with Crippen molar-refractivity contribution >= 4 is 10.9 Å². The van der Waals surface area contributed by atoms with Crippen LogP contribution in [0.2, 0.25) is 0 Å². The van der Waals surface area contributed by atoms with Crippen molar-refractivity contribution in [3.8, 4) is 22.6 Å². The highest BCUT2D eigenvalue weighted by molar-refractivity contribution is 5.92. The molecule has 32 heavy (non-hydrogen) atoms. The monoisotopic (exact) mass is 417 g/mol. The van der Waals surface area contributed by atoms with Gasteiger partial charge in [-0.3, -0.25) is 0 Å². The van der Waals surface area contributed by atoms with Crippen LogP contribution in [0.5, 0.6) is 0 Å². The van der Waals surface area contributed by atoms with Gasteiger partial charge in [-0.2, -0.15) is 5.10 Å². The molecule has 5 heteroatoms. The number of aromatic nitrogens is 5. The van der Waals surface area contributed by atoms with Gasteiger partial charge < -0.3 is 0 Å². The molecule has 0 fully saturated rings. The summed E-state index contributed by atoms with van der Waals surface area (Å²) < 4.78 is 6.85. The van der Waals surface area contributed by atoms with Gasteiger partial charge in [-0.25, -0.2) is 0 Å². The van der Waals surface area contributed by atoms with Gasteiger partial charge in [-0.15, -0.1) is 13.8 Å². The van der Waals surface area contributed by atoms with Crippen molar-refractivity contribution in [2.75, 3.05) is 0 Å². The predicted molar refractivity (Wildman–Crippen MR) is 122 cm³/mol. The largest absolute Gasteiger partial charge is 0.442 e. The van der Waals surface area contributed by atoms with E-state index in [4.69, 9.17) is 10.1 Å². The van der Waals surface area contributed by atoms with Crippen molar-refractivity contribution in [1.29, 1.82) is 0 Å². The van der Waals surface area contributed by atoms with Crippen molar-refractivity contribution < 1.29 is 9.13 Å². The second-order valence-electron chi connectivity index (χ2n) is 9.69. The molecule has 1 unspecified atom stereocenters. The second kappa shape index (κ2) is 5.68. The van der Waals surface area contributed by atoms with Crippen LogP contribution in [0.15, 0.2) is 85.3 Å². The van der Waals surface area contributed by atoms with E-state index in [1.165, 1.54) is 16.8 Å². The number of benzene rings is 2. The van der Waals surface area contributed by atoms with Crippen LogP contribution >= 0.6 is 0 Å². The van der Waals surface area contributed by atoms with Crippen molar-refractivity contribution in [3.63, 3.8) is 0 Å². The maximum absolute atomic E-state index is 5.24. The molecular weight excluding hydrogens is 394 g/mol. The summed E-state index contributed by atoms with van der Waals surface area (Å²) in [5.41, 5.74) is 7.91. The molecule has 3 aromatic heterocycles. The highest BCUT2D eigenvalue weighted by atomic mass is 15.6. The molecule has 0 saturated heterocycles. The van der Waals surface area contributed by atoms with E-state index in [0.717, 1.165) is 28.0 Å². The molecule has 0 aliphatic carbocycles. The maximum Gasteiger partial charge on any atom is 0.442 e. The summed E-state index contributed by atoms with van der Waals surface area (Å²) in [6.07, 6.45) is 4.14. The number of hydrogen-bond donors (Lipinski definition) is 0. The Hall–Kier alpha value is -3.86. The number of rotatable bonds is 0. The van der Waals surface area contributed by atoms with Crippen molar-refractivity contribution in [2.24, 2.45) is 0 Å². The van der Waals surface area contributed by atoms with E-state index in [1.807, 2.05) is 12.4 Å². The minimum Gasteiger partial charge on any atom is -0.167 e. The molecule has 1 atom stereocenters. The Morgan fingerprint density at radius 1 is 0.875 bits per heavy atom. The van der Waals surface area contributed by atoms with Gasteiger partial charge in [0.25, 0.3) is 6.33 Å². The lowest BCUT2D eigenvalue weighted by Crippen LogP contribution is -2.74. The van der Waals surface area contributed by atoms with Crippen LogP contribution in [0.1, 0.15) is 32.0 Å². The van der Waals surface area contributed by atoms with Gasteiger partial charge in [0.15, 0.2) is 17.4 Å². The molecule has 0 N–H and O–H groups in total. The first-order valence-corrected chi connectivity index (χ1v) is 11.0. The SMILES string of the molecule is CC(C)(C)c1cc2n(n1)C1(c3ccccc3-c3c4ccccc4nc[n+]31)[n+]1ccccc1-2. The molecule has 5 aromatic rings. The fourth-order valence-corrected chi connectivity index (χ4v) is 5.37. The smallest absolute Gasteiger partial charge is 0.167 e. The third kappa shape index (κ3) is 1.95. The van der Waals surface area contributed by atoms with Crippen LogP contribution < -0.4 is 9.13 Å². The molecule has 0 radical (unpaired) electrons. The lowest BCUT2D eigenvalue weighted by molar-refractivity contribution is -0.973. The minimum absolute atomic E-state index is 0.0502. The number of pyridine rings is 1. The summed E-state index contributed by atoms with van der Waals surface area (Å²) in [6.45, 7) is 6.65. The summed E-state index contributed by atoms with van der Waals surface area (Å²) in [6, 6.07) is 25.7. The third-order valence-electron chi connectivity index (χ3n) is 6.82. The van der Waals surface area contributed by atoms with Gasteiger partial charge in [-0.05, 0) is 41.4 Å². The molecule has 2 aliphatic rings. The molecule has 0 bridgehead atoms. The number of fused-ring (bicyclic) bond motifs is 12. The lowest BCUT2D eigenvalue weighted by Gasteiger charge is -2.21. The fourth-order valence-electron chi connectivity index (χ4n) is 5.37. The zero-order chi connectivity index (χ0) is 21.7. The molecule has 5 heterocycles. The first-order valence-electron chi connectivity index (χ1n) is 11.0. The lowest BCUT2D eigenvalue weighted by atomic mass is 9.92. The normalized spacial score (nSPS) is 18.0. The fraction of sp³-hybridized carbons (Fsp3) is 0.185. The average molecular weight is 418 g/mol. The molecule has 7 rings (SSSR count). The van der Waals surface area contributed by atoms with Crippen molar-refractivity contribution in [1.82, 2.24) is 14.8 Å². The van der Waals surface area contributed by atoms with Gasteiger partial charge in [0.2, 0.25) is 5.69 Å². The van der Waals surface area contributed by atoms with E-state index in [1.54, 1.807) is 0 Å².